The molecule has 1 heterocycles. The smallest absolute Gasteiger partial charge is 0.338 e. The predicted octanol–water partition coefficient (Wildman–Crippen LogP) is 6.34. The molecule has 36 heavy (non-hydrogen) atoms. The van der Waals surface area contributed by atoms with E-state index in [2.05, 4.69) is 5.32 Å². The van der Waals surface area contributed by atoms with Crippen molar-refractivity contribution in [3.05, 3.63) is 99.3 Å². The molecular formula is C27H22ClFN2O4S. The minimum Gasteiger partial charge on any atom is -0.462 e. The Kier molecular flexibility index (Phi) is 7.76. The molecule has 0 aliphatic carbocycles. The monoisotopic (exact) mass is 524 g/mol. The fraction of sp³-hybridized carbons (Fsp3) is 0.148. The van der Waals surface area contributed by atoms with Crippen molar-refractivity contribution < 1.29 is 23.5 Å². The number of nitrogens with one attached hydrogen (secondary N) is 1. The maximum Gasteiger partial charge on any atom is 0.338 e. The number of benzene rings is 3. The quantitative estimate of drug-likeness (QED) is 0.273. The van der Waals surface area contributed by atoms with Gasteiger partial charge in [0.25, 0.3) is 11.8 Å². The summed E-state index contributed by atoms with van der Waals surface area (Å²) in [5.41, 5.74) is 2.07. The van der Waals surface area contributed by atoms with E-state index in [4.69, 9.17) is 16.3 Å². The van der Waals surface area contributed by atoms with Crippen molar-refractivity contribution in [1.29, 1.82) is 0 Å². The number of hydrogen-bond donors (Lipinski definition) is 1. The number of imide groups is 1. The SMILES string of the molecule is CCCOC(=O)c1ccc(N2C(=O)C(Nc3ccc(F)c(Cl)c3)=C(Sc3ccc(C)cc3)C2=O)cc1. The van der Waals surface area contributed by atoms with Crippen molar-refractivity contribution >= 4 is 52.5 Å². The van der Waals surface area contributed by atoms with Gasteiger partial charge in [-0.1, -0.05) is 48.0 Å². The van der Waals surface area contributed by atoms with Gasteiger partial charge in [0.15, 0.2) is 0 Å². The molecule has 0 fully saturated rings. The molecule has 0 saturated heterocycles. The lowest BCUT2D eigenvalue weighted by Gasteiger charge is -2.16. The number of carbonyl (C=O) groups excluding carboxylic acids is 3. The molecule has 6 nitrogen and oxygen atoms in total. The van der Waals surface area contributed by atoms with E-state index in [0.717, 1.165) is 27.1 Å². The first kappa shape index (κ1) is 25.5. The third kappa shape index (κ3) is 5.45. The lowest BCUT2D eigenvalue weighted by Crippen LogP contribution is -2.32. The zero-order valence-electron chi connectivity index (χ0n) is 19.5. The molecule has 0 spiro atoms. The van der Waals surface area contributed by atoms with Crippen LogP contribution >= 0.6 is 23.4 Å². The van der Waals surface area contributed by atoms with Crippen LogP contribution in [0.2, 0.25) is 5.02 Å². The number of ether oxygens (including phenoxy) is 1. The summed E-state index contributed by atoms with van der Waals surface area (Å²) >= 11 is 7.05. The van der Waals surface area contributed by atoms with Gasteiger partial charge in [-0.3, -0.25) is 9.59 Å². The average molecular weight is 525 g/mol. The Morgan fingerprint density at radius 2 is 1.72 bits per heavy atom. The number of hydrogen-bond acceptors (Lipinski definition) is 6. The van der Waals surface area contributed by atoms with Gasteiger partial charge in [0.1, 0.15) is 16.4 Å². The number of halogens is 2. The molecule has 3 aromatic carbocycles. The third-order valence-corrected chi connectivity index (χ3v) is 6.65. The Labute approximate surface area is 217 Å². The Morgan fingerprint density at radius 1 is 1.03 bits per heavy atom. The zero-order chi connectivity index (χ0) is 25.8. The Bertz CT molecular complexity index is 1360. The second-order valence-electron chi connectivity index (χ2n) is 8.00. The lowest BCUT2D eigenvalue weighted by molar-refractivity contribution is -0.120. The molecule has 0 bridgehead atoms. The average Bonchev–Trinajstić information content (AvgIpc) is 3.10. The van der Waals surface area contributed by atoms with Crippen molar-refractivity contribution in [1.82, 2.24) is 0 Å². The first-order valence-electron chi connectivity index (χ1n) is 11.2. The summed E-state index contributed by atoms with van der Waals surface area (Å²) in [7, 11) is 0. The summed E-state index contributed by atoms with van der Waals surface area (Å²) in [5, 5.41) is 2.83. The van der Waals surface area contributed by atoms with Gasteiger partial charge in [0.2, 0.25) is 0 Å². The summed E-state index contributed by atoms with van der Waals surface area (Å²) < 4.78 is 18.8. The highest BCUT2D eigenvalue weighted by atomic mass is 35.5. The maximum atomic E-state index is 13.7. The number of carbonyl (C=O) groups is 3. The van der Waals surface area contributed by atoms with Crippen LogP contribution in [0, 0.1) is 12.7 Å². The summed E-state index contributed by atoms with van der Waals surface area (Å²) in [6.45, 7) is 4.15. The van der Waals surface area contributed by atoms with Crippen LogP contribution in [0.4, 0.5) is 15.8 Å². The summed E-state index contributed by atoms with van der Waals surface area (Å²) in [5.74, 6) is -2.19. The van der Waals surface area contributed by atoms with Gasteiger partial charge in [-0.15, -0.1) is 0 Å². The van der Waals surface area contributed by atoms with Crippen molar-refractivity contribution in [2.75, 3.05) is 16.8 Å². The fourth-order valence-electron chi connectivity index (χ4n) is 3.42. The number of nitrogens with zero attached hydrogens (tertiary/aromatic N) is 1. The van der Waals surface area contributed by atoms with Crippen LogP contribution in [-0.4, -0.2) is 24.4 Å². The van der Waals surface area contributed by atoms with Gasteiger partial charge in [-0.25, -0.2) is 14.1 Å². The van der Waals surface area contributed by atoms with E-state index in [9.17, 15) is 18.8 Å². The molecule has 1 aliphatic rings. The van der Waals surface area contributed by atoms with Gasteiger partial charge in [-0.2, -0.15) is 0 Å². The van der Waals surface area contributed by atoms with E-state index in [1.54, 1.807) is 0 Å². The first-order chi connectivity index (χ1) is 17.3. The standard InChI is InChI=1S/C27H22ClFN2O4S/c1-3-14-35-27(34)17-6-9-19(10-7-17)31-25(32)23(30-18-8-13-22(29)21(28)15-18)24(26(31)33)36-20-11-4-16(2)5-12-20/h4-13,15,30H,3,14H2,1-2H3. The number of thioether (sulfide) groups is 1. The van der Waals surface area contributed by atoms with E-state index in [-0.39, 0.29) is 15.6 Å². The molecule has 184 valence electrons. The fourth-order valence-corrected chi connectivity index (χ4v) is 4.52. The molecule has 0 saturated carbocycles. The van der Waals surface area contributed by atoms with Crippen molar-refractivity contribution in [3.63, 3.8) is 0 Å². The van der Waals surface area contributed by atoms with Crippen LogP contribution in [0.25, 0.3) is 0 Å². The second kappa shape index (κ2) is 11.0. The molecule has 4 rings (SSSR count). The van der Waals surface area contributed by atoms with Crippen molar-refractivity contribution in [3.8, 4) is 0 Å². The molecule has 1 aliphatic heterocycles. The van der Waals surface area contributed by atoms with Gasteiger partial charge in [0, 0.05) is 10.6 Å². The van der Waals surface area contributed by atoms with Crippen molar-refractivity contribution in [2.45, 2.75) is 25.2 Å². The highest BCUT2D eigenvalue weighted by Gasteiger charge is 2.40. The summed E-state index contributed by atoms with van der Waals surface area (Å²) in [4.78, 5) is 41.0. The highest BCUT2D eigenvalue weighted by Crippen LogP contribution is 2.38. The largest absolute Gasteiger partial charge is 0.462 e. The predicted molar refractivity (Wildman–Crippen MR) is 139 cm³/mol. The van der Waals surface area contributed by atoms with Gasteiger partial charge >= 0.3 is 5.97 Å². The van der Waals surface area contributed by atoms with Crippen LogP contribution in [0.1, 0.15) is 29.3 Å². The normalized spacial score (nSPS) is 13.4. The zero-order valence-corrected chi connectivity index (χ0v) is 21.1. The van der Waals surface area contributed by atoms with Crippen LogP contribution in [0.5, 0.6) is 0 Å². The van der Waals surface area contributed by atoms with Crippen LogP contribution < -0.4 is 10.2 Å². The maximum absolute atomic E-state index is 13.7. The molecule has 3 aromatic rings. The Balaban J connectivity index is 1.67. The van der Waals surface area contributed by atoms with Crippen molar-refractivity contribution in [2.24, 2.45) is 0 Å². The van der Waals surface area contributed by atoms with Gasteiger partial charge in [-0.05, 0) is 67.9 Å². The Morgan fingerprint density at radius 3 is 2.36 bits per heavy atom. The second-order valence-corrected chi connectivity index (χ2v) is 9.49. The third-order valence-electron chi connectivity index (χ3n) is 5.27. The molecule has 0 radical (unpaired) electrons. The lowest BCUT2D eigenvalue weighted by atomic mass is 10.2. The highest BCUT2D eigenvalue weighted by molar-refractivity contribution is 8.04. The number of rotatable bonds is 8. The minimum atomic E-state index is -0.599. The van der Waals surface area contributed by atoms with E-state index in [1.165, 1.54) is 42.5 Å². The molecule has 0 atom stereocenters. The van der Waals surface area contributed by atoms with E-state index in [0.29, 0.717) is 30.0 Å². The molecule has 1 N–H and O–H groups in total. The van der Waals surface area contributed by atoms with Crippen LogP contribution in [0.3, 0.4) is 0 Å². The number of anilines is 2. The number of aryl methyl sites for hydroxylation is 1. The first-order valence-corrected chi connectivity index (χ1v) is 12.3. The van der Waals surface area contributed by atoms with E-state index >= 15 is 0 Å². The van der Waals surface area contributed by atoms with Gasteiger partial charge in [0.05, 0.1) is 22.9 Å². The summed E-state index contributed by atoms with van der Waals surface area (Å²) in [6.07, 6.45) is 0.697. The van der Waals surface area contributed by atoms with Gasteiger partial charge < -0.3 is 10.1 Å². The minimum absolute atomic E-state index is 0.0414. The molecule has 9 heteroatoms. The van der Waals surface area contributed by atoms with Crippen LogP contribution in [-0.2, 0) is 14.3 Å². The summed E-state index contributed by atoms with van der Waals surface area (Å²) in [6, 6.07) is 17.5. The Hall–Kier alpha value is -3.62. The topological polar surface area (TPSA) is 75.7 Å². The van der Waals surface area contributed by atoms with E-state index in [1.807, 2.05) is 38.1 Å². The molecule has 0 aromatic heterocycles. The molecular weight excluding hydrogens is 503 g/mol. The van der Waals surface area contributed by atoms with E-state index < -0.39 is 23.6 Å². The van der Waals surface area contributed by atoms with Crippen LogP contribution in [0.15, 0.2) is 82.2 Å². The number of amides is 2. The number of esters is 1. The molecule has 0 unspecified atom stereocenters. The molecule has 2 amide bonds.